The molecule has 2 N–H and O–H groups in total. The zero-order valence-corrected chi connectivity index (χ0v) is 15.2. The second-order valence-electron chi connectivity index (χ2n) is 5.91. The predicted octanol–water partition coefficient (Wildman–Crippen LogP) is 3.26. The van der Waals surface area contributed by atoms with Crippen LogP contribution >= 0.6 is 0 Å². The summed E-state index contributed by atoms with van der Waals surface area (Å²) >= 11 is 0. The topological polar surface area (TPSA) is 84.9 Å². The van der Waals surface area contributed by atoms with E-state index in [2.05, 4.69) is 5.48 Å². The van der Waals surface area contributed by atoms with E-state index in [0.29, 0.717) is 24.5 Å². The summed E-state index contributed by atoms with van der Waals surface area (Å²) in [5, 5.41) is 9.39. The van der Waals surface area contributed by atoms with Gasteiger partial charge in [-0.05, 0) is 29.7 Å². The van der Waals surface area contributed by atoms with Crippen molar-refractivity contribution in [3.63, 3.8) is 0 Å². The van der Waals surface area contributed by atoms with Gasteiger partial charge in [-0.1, -0.05) is 55.8 Å². The third-order valence-corrected chi connectivity index (χ3v) is 3.86. The Morgan fingerprint density at radius 2 is 1.85 bits per heavy atom. The summed E-state index contributed by atoms with van der Waals surface area (Å²) in [7, 11) is 0. The number of hydroxylamine groups is 1. The molecule has 27 heavy (non-hydrogen) atoms. The van der Waals surface area contributed by atoms with Gasteiger partial charge in [-0.25, -0.2) is 4.79 Å². The van der Waals surface area contributed by atoms with Gasteiger partial charge >= 0.3 is 5.97 Å². The number of hydrogen-bond acceptors (Lipinski definition) is 5. The van der Waals surface area contributed by atoms with Crippen LogP contribution in [-0.2, 0) is 21.0 Å². The third kappa shape index (κ3) is 6.38. The van der Waals surface area contributed by atoms with Crippen LogP contribution in [0.5, 0.6) is 5.75 Å². The molecule has 2 aromatic rings. The molecule has 0 aliphatic heterocycles. The highest BCUT2D eigenvalue weighted by atomic mass is 16.6. The number of ether oxygens (including phenoxy) is 1. The highest BCUT2D eigenvalue weighted by Gasteiger charge is 2.25. The van der Waals surface area contributed by atoms with Crippen LogP contribution in [0.25, 0.3) is 5.57 Å². The standard InChI is InChI=1S/C21H23NO5/c1-2-3-13-27-22-20(21(24)25)19(14-23)17-9-11-18(12-10-17)26-15-16-7-5-4-6-8-16/h4-12,20,22H,2-3,13,15H2,1H3,(H,24,25). The van der Waals surface area contributed by atoms with E-state index in [-0.39, 0.29) is 5.57 Å². The van der Waals surface area contributed by atoms with Gasteiger partial charge in [-0.2, -0.15) is 5.48 Å². The van der Waals surface area contributed by atoms with Crippen molar-refractivity contribution in [3.8, 4) is 5.75 Å². The number of hydrogen-bond donors (Lipinski definition) is 2. The number of aliphatic carboxylic acids is 1. The second kappa shape index (κ2) is 10.9. The van der Waals surface area contributed by atoms with Gasteiger partial charge in [0.25, 0.3) is 0 Å². The van der Waals surface area contributed by atoms with E-state index >= 15 is 0 Å². The molecular weight excluding hydrogens is 346 g/mol. The maximum atomic E-state index is 11.5. The summed E-state index contributed by atoms with van der Waals surface area (Å²) in [6, 6.07) is 15.1. The molecule has 1 unspecified atom stereocenters. The van der Waals surface area contributed by atoms with Gasteiger partial charge in [0.1, 0.15) is 18.3 Å². The molecule has 6 heteroatoms. The van der Waals surface area contributed by atoms with Gasteiger partial charge in [-0.15, -0.1) is 0 Å². The zero-order valence-electron chi connectivity index (χ0n) is 15.2. The van der Waals surface area contributed by atoms with Crippen molar-refractivity contribution in [2.75, 3.05) is 6.61 Å². The molecule has 0 heterocycles. The van der Waals surface area contributed by atoms with Crippen molar-refractivity contribution in [3.05, 3.63) is 65.7 Å². The lowest BCUT2D eigenvalue weighted by molar-refractivity contribution is -0.141. The number of carboxylic acids is 1. The van der Waals surface area contributed by atoms with Crippen molar-refractivity contribution < 1.29 is 24.3 Å². The van der Waals surface area contributed by atoms with Crippen molar-refractivity contribution in [2.24, 2.45) is 0 Å². The molecule has 0 amide bonds. The normalized spacial score (nSPS) is 11.4. The molecule has 0 saturated carbocycles. The lowest BCUT2D eigenvalue weighted by Gasteiger charge is -2.16. The Hall–Kier alpha value is -2.92. The molecule has 6 nitrogen and oxygen atoms in total. The molecule has 1 atom stereocenters. The number of carboxylic acid groups (broad SMARTS) is 1. The fraction of sp³-hybridized carbons (Fsp3) is 0.286. The monoisotopic (exact) mass is 369 g/mol. The molecule has 0 aliphatic carbocycles. The van der Waals surface area contributed by atoms with Gasteiger partial charge < -0.3 is 14.7 Å². The molecule has 0 aromatic heterocycles. The molecule has 0 bridgehead atoms. The van der Waals surface area contributed by atoms with Gasteiger partial charge in [0.15, 0.2) is 6.04 Å². The van der Waals surface area contributed by atoms with Crippen LogP contribution in [0.4, 0.5) is 0 Å². The van der Waals surface area contributed by atoms with Crippen molar-refractivity contribution >= 4 is 17.5 Å². The van der Waals surface area contributed by atoms with Crippen LogP contribution < -0.4 is 10.2 Å². The number of nitrogens with one attached hydrogen (secondary N) is 1. The smallest absolute Gasteiger partial charge is 0.328 e. The second-order valence-corrected chi connectivity index (χ2v) is 5.91. The summed E-state index contributed by atoms with van der Waals surface area (Å²) in [5.74, 6) is 1.12. The largest absolute Gasteiger partial charge is 0.489 e. The van der Waals surface area contributed by atoms with Crippen molar-refractivity contribution in [2.45, 2.75) is 32.4 Å². The molecule has 2 aromatic carbocycles. The minimum absolute atomic E-state index is 0.0337. The van der Waals surface area contributed by atoms with E-state index in [1.54, 1.807) is 30.2 Å². The summed E-state index contributed by atoms with van der Waals surface area (Å²) < 4.78 is 5.70. The Kier molecular flexibility index (Phi) is 8.26. The SMILES string of the molecule is CCCCONC(C(=O)O)C(=C=O)c1ccc(OCc2ccccc2)cc1. The summed E-state index contributed by atoms with van der Waals surface area (Å²) in [6.45, 7) is 2.77. The first-order chi connectivity index (χ1) is 13.2. The lowest BCUT2D eigenvalue weighted by atomic mass is 10.0. The minimum Gasteiger partial charge on any atom is -0.489 e. The Labute approximate surface area is 158 Å². The molecule has 0 fully saturated rings. The average Bonchev–Trinajstić information content (AvgIpc) is 2.70. The quantitative estimate of drug-likeness (QED) is 0.359. The van der Waals surface area contributed by atoms with Crippen LogP contribution in [0.15, 0.2) is 54.6 Å². The van der Waals surface area contributed by atoms with Crippen LogP contribution in [-0.4, -0.2) is 29.7 Å². The first-order valence-corrected chi connectivity index (χ1v) is 8.78. The fourth-order valence-corrected chi connectivity index (χ4v) is 2.35. The Bertz CT molecular complexity index is 767. The molecule has 2 rings (SSSR count). The zero-order chi connectivity index (χ0) is 19.5. The van der Waals surface area contributed by atoms with Gasteiger partial charge in [0.2, 0.25) is 0 Å². The van der Waals surface area contributed by atoms with E-state index in [4.69, 9.17) is 9.57 Å². The fourth-order valence-electron chi connectivity index (χ4n) is 2.35. The van der Waals surface area contributed by atoms with Crippen LogP contribution in [0, 0.1) is 0 Å². The van der Waals surface area contributed by atoms with Gasteiger partial charge in [-0.3, -0.25) is 4.79 Å². The minimum atomic E-state index is -1.30. The first kappa shape index (κ1) is 20.4. The van der Waals surface area contributed by atoms with E-state index in [9.17, 15) is 14.7 Å². The van der Waals surface area contributed by atoms with Crippen LogP contribution in [0.1, 0.15) is 30.9 Å². The Morgan fingerprint density at radius 3 is 2.44 bits per heavy atom. The average molecular weight is 369 g/mol. The number of benzene rings is 2. The molecule has 142 valence electrons. The van der Waals surface area contributed by atoms with E-state index in [0.717, 1.165) is 18.4 Å². The molecular formula is C21H23NO5. The Morgan fingerprint density at radius 1 is 1.15 bits per heavy atom. The predicted molar refractivity (Wildman–Crippen MR) is 102 cm³/mol. The van der Waals surface area contributed by atoms with E-state index < -0.39 is 12.0 Å². The Balaban J connectivity index is 2.03. The maximum Gasteiger partial charge on any atom is 0.328 e. The number of rotatable bonds is 11. The number of unbranched alkanes of at least 4 members (excludes halogenated alkanes) is 1. The van der Waals surface area contributed by atoms with Crippen molar-refractivity contribution in [1.82, 2.24) is 5.48 Å². The summed E-state index contributed by atoms with van der Waals surface area (Å²) in [6.07, 6.45) is 1.70. The molecule has 0 saturated heterocycles. The molecule has 0 spiro atoms. The highest BCUT2D eigenvalue weighted by Crippen LogP contribution is 2.21. The lowest BCUT2D eigenvalue weighted by Crippen LogP contribution is -2.38. The highest BCUT2D eigenvalue weighted by molar-refractivity contribution is 6.01. The van der Waals surface area contributed by atoms with Gasteiger partial charge in [0, 0.05) is 0 Å². The van der Waals surface area contributed by atoms with E-state index in [1.165, 1.54) is 0 Å². The van der Waals surface area contributed by atoms with Crippen LogP contribution in [0.2, 0.25) is 0 Å². The third-order valence-electron chi connectivity index (χ3n) is 3.86. The first-order valence-electron chi connectivity index (χ1n) is 8.78. The molecule has 0 aliphatic rings. The number of carbonyl (C=O) groups is 1. The molecule has 0 radical (unpaired) electrons. The van der Waals surface area contributed by atoms with E-state index in [1.807, 2.05) is 37.3 Å². The van der Waals surface area contributed by atoms with Gasteiger partial charge in [0.05, 0.1) is 12.2 Å². The van der Waals surface area contributed by atoms with Crippen molar-refractivity contribution in [1.29, 1.82) is 0 Å². The maximum absolute atomic E-state index is 11.5. The number of carbonyl (C=O) groups excluding carboxylic acids is 1. The summed E-state index contributed by atoms with van der Waals surface area (Å²) in [5.41, 5.74) is 3.88. The van der Waals surface area contributed by atoms with Crippen LogP contribution in [0.3, 0.4) is 0 Å². The summed E-state index contributed by atoms with van der Waals surface area (Å²) in [4.78, 5) is 28.0.